The zero-order chi connectivity index (χ0) is 16.2. The first-order chi connectivity index (χ1) is 11.1. The van der Waals surface area contributed by atoms with Crippen LogP contribution in [0, 0.1) is 12.7 Å². The monoisotopic (exact) mass is 310 g/mol. The number of oxazole rings is 1. The summed E-state index contributed by atoms with van der Waals surface area (Å²) in [4.78, 5) is 16.4. The van der Waals surface area contributed by atoms with Gasteiger partial charge in [-0.15, -0.1) is 0 Å². The predicted molar refractivity (Wildman–Crippen MR) is 84.2 cm³/mol. The summed E-state index contributed by atoms with van der Waals surface area (Å²) in [7, 11) is 0. The first-order valence-corrected chi connectivity index (χ1v) is 7.19. The highest BCUT2D eigenvalue weighted by Crippen LogP contribution is 2.22. The highest BCUT2D eigenvalue weighted by atomic mass is 19.1. The molecule has 0 aliphatic rings. The van der Waals surface area contributed by atoms with Crippen molar-refractivity contribution in [3.8, 4) is 11.3 Å². The molecule has 4 nitrogen and oxygen atoms in total. The van der Waals surface area contributed by atoms with Crippen molar-refractivity contribution < 1.29 is 13.6 Å². The van der Waals surface area contributed by atoms with Crippen molar-refractivity contribution >= 4 is 5.91 Å². The quantitative estimate of drug-likeness (QED) is 0.799. The number of carbonyl (C=O) groups excluding carboxylic acids is 1. The Morgan fingerprint density at radius 1 is 1.13 bits per heavy atom. The maximum atomic E-state index is 13.6. The van der Waals surface area contributed by atoms with Gasteiger partial charge in [-0.25, -0.2) is 9.37 Å². The predicted octanol–water partition coefficient (Wildman–Crippen LogP) is 3.72. The van der Waals surface area contributed by atoms with Gasteiger partial charge in [-0.3, -0.25) is 4.79 Å². The van der Waals surface area contributed by atoms with Gasteiger partial charge in [0.2, 0.25) is 5.89 Å². The minimum absolute atomic E-state index is 0.000870. The van der Waals surface area contributed by atoms with Gasteiger partial charge in [0, 0.05) is 5.56 Å². The molecule has 0 aliphatic heterocycles. The van der Waals surface area contributed by atoms with Gasteiger partial charge in [0.25, 0.3) is 5.91 Å². The van der Waals surface area contributed by atoms with E-state index in [9.17, 15) is 9.18 Å². The fourth-order valence-corrected chi connectivity index (χ4v) is 2.29. The summed E-state index contributed by atoms with van der Waals surface area (Å²) in [6.07, 6.45) is 0. The Labute approximate surface area is 133 Å². The number of nitrogens with one attached hydrogen (secondary N) is 1. The van der Waals surface area contributed by atoms with Crippen molar-refractivity contribution in [3.63, 3.8) is 0 Å². The van der Waals surface area contributed by atoms with Gasteiger partial charge in [0.1, 0.15) is 17.3 Å². The lowest BCUT2D eigenvalue weighted by Crippen LogP contribution is -2.23. The Hall–Kier alpha value is -2.95. The third-order valence-electron chi connectivity index (χ3n) is 3.41. The SMILES string of the molecule is Cc1oc(CNC(=O)c2ccccc2F)nc1-c1ccccc1. The highest BCUT2D eigenvalue weighted by Gasteiger charge is 2.14. The molecular weight excluding hydrogens is 295 g/mol. The largest absolute Gasteiger partial charge is 0.443 e. The van der Waals surface area contributed by atoms with Crippen LogP contribution >= 0.6 is 0 Å². The first kappa shape index (κ1) is 15.0. The lowest BCUT2D eigenvalue weighted by Gasteiger charge is -2.03. The number of amides is 1. The minimum atomic E-state index is -0.557. The molecule has 5 heteroatoms. The zero-order valence-electron chi connectivity index (χ0n) is 12.5. The fourth-order valence-electron chi connectivity index (χ4n) is 2.29. The summed E-state index contributed by atoms with van der Waals surface area (Å²) >= 11 is 0. The Morgan fingerprint density at radius 2 is 1.83 bits per heavy atom. The molecule has 116 valence electrons. The van der Waals surface area contributed by atoms with Crippen LogP contribution in [0.4, 0.5) is 4.39 Å². The number of rotatable bonds is 4. The maximum Gasteiger partial charge on any atom is 0.254 e. The summed E-state index contributed by atoms with van der Waals surface area (Å²) in [5.74, 6) is -0.00356. The van der Waals surface area contributed by atoms with Gasteiger partial charge in [-0.1, -0.05) is 42.5 Å². The molecule has 0 radical (unpaired) electrons. The number of hydrogen-bond acceptors (Lipinski definition) is 3. The summed E-state index contributed by atoms with van der Waals surface area (Å²) < 4.78 is 19.1. The molecule has 1 aromatic heterocycles. The second-order valence-corrected chi connectivity index (χ2v) is 5.04. The molecule has 0 saturated heterocycles. The van der Waals surface area contributed by atoms with Crippen LogP contribution in [0.5, 0.6) is 0 Å². The molecule has 0 saturated carbocycles. The Balaban J connectivity index is 1.72. The molecule has 0 fully saturated rings. The number of nitrogens with zero attached hydrogens (tertiary/aromatic N) is 1. The van der Waals surface area contributed by atoms with Crippen molar-refractivity contribution in [2.75, 3.05) is 0 Å². The van der Waals surface area contributed by atoms with E-state index in [2.05, 4.69) is 10.3 Å². The van der Waals surface area contributed by atoms with E-state index < -0.39 is 11.7 Å². The number of benzene rings is 2. The molecule has 3 rings (SSSR count). The second kappa shape index (κ2) is 6.44. The van der Waals surface area contributed by atoms with Gasteiger partial charge in [0.05, 0.1) is 12.1 Å². The Morgan fingerprint density at radius 3 is 2.57 bits per heavy atom. The third-order valence-corrected chi connectivity index (χ3v) is 3.41. The molecule has 1 heterocycles. The van der Waals surface area contributed by atoms with Crippen LogP contribution in [0.2, 0.25) is 0 Å². The number of aryl methyl sites for hydroxylation is 1. The number of carbonyl (C=O) groups is 1. The molecule has 0 spiro atoms. The van der Waals surface area contributed by atoms with Crippen LogP contribution in [0.1, 0.15) is 22.0 Å². The van der Waals surface area contributed by atoms with E-state index in [0.717, 1.165) is 11.3 Å². The minimum Gasteiger partial charge on any atom is -0.443 e. The zero-order valence-corrected chi connectivity index (χ0v) is 12.5. The van der Waals surface area contributed by atoms with Crippen LogP contribution in [0.15, 0.2) is 59.0 Å². The maximum absolute atomic E-state index is 13.6. The summed E-state index contributed by atoms with van der Waals surface area (Å²) in [6.45, 7) is 1.92. The van der Waals surface area contributed by atoms with E-state index in [1.54, 1.807) is 6.07 Å². The average molecular weight is 310 g/mol. The topological polar surface area (TPSA) is 55.1 Å². The normalized spacial score (nSPS) is 10.5. The molecule has 1 amide bonds. The second-order valence-electron chi connectivity index (χ2n) is 5.04. The van der Waals surface area contributed by atoms with Crippen LogP contribution in [-0.4, -0.2) is 10.9 Å². The van der Waals surface area contributed by atoms with Crippen LogP contribution in [0.3, 0.4) is 0 Å². The van der Waals surface area contributed by atoms with Gasteiger partial charge in [-0.05, 0) is 19.1 Å². The van der Waals surface area contributed by atoms with E-state index >= 15 is 0 Å². The molecular formula is C18H15FN2O2. The van der Waals surface area contributed by atoms with E-state index in [-0.39, 0.29) is 12.1 Å². The van der Waals surface area contributed by atoms with E-state index in [1.165, 1.54) is 18.2 Å². The molecule has 0 bridgehead atoms. The van der Waals surface area contributed by atoms with Crippen molar-refractivity contribution in [2.24, 2.45) is 0 Å². The van der Waals surface area contributed by atoms with Gasteiger partial charge in [-0.2, -0.15) is 0 Å². The van der Waals surface area contributed by atoms with Crippen LogP contribution < -0.4 is 5.32 Å². The average Bonchev–Trinajstić information content (AvgIpc) is 2.95. The van der Waals surface area contributed by atoms with Crippen molar-refractivity contribution in [1.29, 1.82) is 0 Å². The Bertz CT molecular complexity index is 828. The van der Waals surface area contributed by atoms with Crippen LogP contribution in [-0.2, 0) is 6.54 Å². The lowest BCUT2D eigenvalue weighted by molar-refractivity contribution is 0.0943. The van der Waals surface area contributed by atoms with Crippen LogP contribution in [0.25, 0.3) is 11.3 Å². The summed E-state index contributed by atoms with van der Waals surface area (Å²) in [6, 6.07) is 15.5. The van der Waals surface area contributed by atoms with Gasteiger partial charge < -0.3 is 9.73 Å². The molecule has 0 unspecified atom stereocenters. The smallest absolute Gasteiger partial charge is 0.254 e. The van der Waals surface area contributed by atoms with Crippen molar-refractivity contribution in [3.05, 3.63) is 77.6 Å². The standard InChI is InChI=1S/C18H15FN2O2/c1-12-17(13-7-3-2-4-8-13)21-16(23-12)11-20-18(22)14-9-5-6-10-15(14)19/h2-10H,11H2,1H3,(H,20,22). The van der Waals surface area contributed by atoms with Gasteiger partial charge >= 0.3 is 0 Å². The Kier molecular flexibility index (Phi) is 4.19. The number of halogens is 1. The lowest BCUT2D eigenvalue weighted by atomic mass is 10.1. The molecule has 23 heavy (non-hydrogen) atoms. The van der Waals surface area contributed by atoms with Crippen molar-refractivity contribution in [1.82, 2.24) is 10.3 Å². The molecule has 1 N–H and O–H groups in total. The summed E-state index contributed by atoms with van der Waals surface area (Å²) in [5, 5.41) is 2.61. The molecule has 3 aromatic rings. The molecule has 2 aromatic carbocycles. The third kappa shape index (κ3) is 3.29. The van der Waals surface area contributed by atoms with E-state index in [4.69, 9.17) is 4.42 Å². The molecule has 0 atom stereocenters. The van der Waals surface area contributed by atoms with E-state index in [1.807, 2.05) is 37.3 Å². The van der Waals surface area contributed by atoms with E-state index in [0.29, 0.717) is 11.7 Å². The fraction of sp³-hybridized carbons (Fsp3) is 0.111. The summed E-state index contributed by atoms with van der Waals surface area (Å²) in [5.41, 5.74) is 1.68. The van der Waals surface area contributed by atoms with Gasteiger partial charge in [0.15, 0.2) is 0 Å². The number of hydrogen-bond donors (Lipinski definition) is 1. The first-order valence-electron chi connectivity index (χ1n) is 7.19. The highest BCUT2D eigenvalue weighted by molar-refractivity contribution is 5.94. The number of aromatic nitrogens is 1. The van der Waals surface area contributed by atoms with Crippen molar-refractivity contribution in [2.45, 2.75) is 13.5 Å². The molecule has 0 aliphatic carbocycles.